The van der Waals surface area contributed by atoms with Gasteiger partial charge in [0.2, 0.25) is 0 Å². The Labute approximate surface area is 117 Å². The first-order valence-corrected chi connectivity index (χ1v) is 6.10. The lowest BCUT2D eigenvalue weighted by Gasteiger charge is -2.04. The predicted octanol–water partition coefficient (Wildman–Crippen LogP) is 1.65. The number of nitro groups is 1. The fourth-order valence-electron chi connectivity index (χ4n) is 2.04. The molecule has 0 unspecified atom stereocenters. The molecule has 0 aliphatic heterocycles. The van der Waals surface area contributed by atoms with Crippen molar-refractivity contribution in [1.82, 2.24) is 14.7 Å². The smallest absolute Gasteiger partial charge is 0.271 e. The maximum atomic E-state index is 12.3. The van der Waals surface area contributed by atoms with Gasteiger partial charge in [0, 0.05) is 18.2 Å². The van der Waals surface area contributed by atoms with E-state index in [1.807, 2.05) is 0 Å². The number of aromatic nitrogens is 3. The molecule has 0 saturated carbocycles. The molecule has 0 radical (unpaired) electrons. The van der Waals surface area contributed by atoms with Crippen molar-refractivity contribution < 1.29 is 9.45 Å². The Kier molecular flexibility index (Phi) is 2.98. The summed E-state index contributed by atoms with van der Waals surface area (Å²) in [7, 11) is 0. The molecule has 0 saturated heterocycles. The summed E-state index contributed by atoms with van der Waals surface area (Å²) in [6, 6.07) is 5.71. The Balaban J connectivity index is 2.06. The second-order valence-electron chi connectivity index (χ2n) is 4.57. The molecule has 2 aromatic heterocycles. The Bertz CT molecular complexity index is 897. The van der Waals surface area contributed by atoms with Crippen LogP contribution in [0.3, 0.4) is 0 Å². The highest BCUT2D eigenvalue weighted by molar-refractivity contribution is 5.79. The van der Waals surface area contributed by atoms with E-state index in [0.29, 0.717) is 22.4 Å². The van der Waals surface area contributed by atoms with E-state index in [1.165, 1.54) is 29.1 Å². The molecule has 21 heavy (non-hydrogen) atoms. The number of fused-ring (bicyclic) bond motifs is 1. The van der Waals surface area contributed by atoms with Crippen LogP contribution in [0.2, 0.25) is 0 Å². The van der Waals surface area contributed by atoms with Crippen molar-refractivity contribution in [3.63, 3.8) is 0 Å². The van der Waals surface area contributed by atoms with Gasteiger partial charge in [0.1, 0.15) is 11.5 Å². The van der Waals surface area contributed by atoms with E-state index in [-0.39, 0.29) is 17.8 Å². The molecule has 106 valence electrons. The second kappa shape index (κ2) is 4.82. The lowest BCUT2D eigenvalue weighted by molar-refractivity contribution is -0.384. The van der Waals surface area contributed by atoms with Gasteiger partial charge in [0.05, 0.1) is 28.7 Å². The minimum Gasteiger partial charge on any atom is -0.361 e. The van der Waals surface area contributed by atoms with Gasteiger partial charge in [0.25, 0.3) is 11.2 Å². The first kappa shape index (κ1) is 13.0. The highest BCUT2D eigenvalue weighted by Gasteiger charge is 2.11. The number of nitro benzene ring substituents is 1. The van der Waals surface area contributed by atoms with Crippen LogP contribution in [0.1, 0.15) is 11.5 Å². The average molecular weight is 286 g/mol. The molecule has 8 nitrogen and oxygen atoms in total. The van der Waals surface area contributed by atoms with Gasteiger partial charge in [-0.1, -0.05) is 5.16 Å². The van der Waals surface area contributed by atoms with Gasteiger partial charge in [-0.2, -0.15) is 0 Å². The molecule has 0 bridgehead atoms. The van der Waals surface area contributed by atoms with E-state index in [2.05, 4.69) is 10.1 Å². The molecule has 2 heterocycles. The number of aryl methyl sites for hydroxylation is 1. The molecule has 0 aliphatic rings. The Hall–Kier alpha value is -3.03. The summed E-state index contributed by atoms with van der Waals surface area (Å²) in [5.41, 5.74) is 0.522. The van der Waals surface area contributed by atoms with Crippen LogP contribution in [0.5, 0.6) is 0 Å². The number of hydrogen-bond donors (Lipinski definition) is 0. The van der Waals surface area contributed by atoms with Gasteiger partial charge < -0.3 is 4.52 Å². The van der Waals surface area contributed by atoms with Crippen LogP contribution in [-0.2, 0) is 6.54 Å². The van der Waals surface area contributed by atoms with Crippen molar-refractivity contribution in [2.45, 2.75) is 13.5 Å². The SMILES string of the molecule is Cc1cc(Cn2cnc3cc([N+](=O)[O-])ccc3c2=O)no1. The molecule has 0 N–H and O–H groups in total. The van der Waals surface area contributed by atoms with Crippen LogP contribution < -0.4 is 5.56 Å². The molecule has 1 aromatic carbocycles. The second-order valence-corrected chi connectivity index (χ2v) is 4.57. The molecule has 0 aliphatic carbocycles. The van der Waals surface area contributed by atoms with Crippen LogP contribution in [0, 0.1) is 17.0 Å². The van der Waals surface area contributed by atoms with Gasteiger partial charge in [0.15, 0.2) is 0 Å². The first-order valence-electron chi connectivity index (χ1n) is 6.10. The lowest BCUT2D eigenvalue weighted by atomic mass is 10.2. The monoisotopic (exact) mass is 286 g/mol. The highest BCUT2D eigenvalue weighted by atomic mass is 16.6. The molecule has 0 fully saturated rings. The summed E-state index contributed by atoms with van der Waals surface area (Å²) >= 11 is 0. The van der Waals surface area contributed by atoms with E-state index < -0.39 is 4.92 Å². The number of benzene rings is 1. The molecule has 0 amide bonds. The van der Waals surface area contributed by atoms with Crippen molar-refractivity contribution in [1.29, 1.82) is 0 Å². The van der Waals surface area contributed by atoms with Crippen LogP contribution in [0.15, 0.2) is 39.9 Å². The molecule has 0 atom stereocenters. The Morgan fingerprint density at radius 1 is 1.38 bits per heavy atom. The summed E-state index contributed by atoms with van der Waals surface area (Å²) in [6.07, 6.45) is 1.35. The van der Waals surface area contributed by atoms with Gasteiger partial charge in [-0.05, 0) is 13.0 Å². The Morgan fingerprint density at radius 2 is 2.19 bits per heavy atom. The summed E-state index contributed by atoms with van der Waals surface area (Å²) in [4.78, 5) is 26.6. The third kappa shape index (κ3) is 2.38. The van der Waals surface area contributed by atoms with E-state index in [4.69, 9.17) is 4.52 Å². The van der Waals surface area contributed by atoms with Crippen molar-refractivity contribution in [2.75, 3.05) is 0 Å². The largest absolute Gasteiger partial charge is 0.361 e. The third-order valence-electron chi connectivity index (χ3n) is 3.03. The zero-order chi connectivity index (χ0) is 15.0. The average Bonchev–Trinajstić information content (AvgIpc) is 2.87. The predicted molar refractivity (Wildman–Crippen MR) is 73.0 cm³/mol. The molecule has 3 aromatic rings. The minimum absolute atomic E-state index is 0.0979. The lowest BCUT2D eigenvalue weighted by Crippen LogP contribution is -2.21. The number of non-ortho nitro benzene ring substituents is 1. The molecule has 3 rings (SSSR count). The zero-order valence-corrected chi connectivity index (χ0v) is 11.0. The van der Waals surface area contributed by atoms with Gasteiger partial charge in [-0.25, -0.2) is 4.98 Å². The molecule has 8 heteroatoms. The molecular formula is C13H10N4O4. The minimum atomic E-state index is -0.523. The third-order valence-corrected chi connectivity index (χ3v) is 3.03. The normalized spacial score (nSPS) is 10.9. The van der Waals surface area contributed by atoms with Crippen molar-refractivity contribution in [2.24, 2.45) is 0 Å². The fourth-order valence-corrected chi connectivity index (χ4v) is 2.04. The summed E-state index contributed by atoms with van der Waals surface area (Å²) in [5.74, 6) is 0.655. The number of nitrogens with zero attached hydrogens (tertiary/aromatic N) is 4. The van der Waals surface area contributed by atoms with Crippen LogP contribution in [-0.4, -0.2) is 19.6 Å². The van der Waals surface area contributed by atoms with E-state index in [9.17, 15) is 14.9 Å². The standard InChI is InChI=1S/C13H10N4O4/c1-8-4-9(15-21-8)6-16-7-14-12-5-10(17(19)20)2-3-11(12)13(16)18/h2-5,7H,6H2,1H3. The summed E-state index contributed by atoms with van der Waals surface area (Å²) in [6.45, 7) is 1.99. The number of rotatable bonds is 3. The van der Waals surface area contributed by atoms with Gasteiger partial charge >= 0.3 is 0 Å². The van der Waals surface area contributed by atoms with Crippen LogP contribution >= 0.6 is 0 Å². The fraction of sp³-hybridized carbons (Fsp3) is 0.154. The van der Waals surface area contributed by atoms with Gasteiger partial charge in [-0.15, -0.1) is 0 Å². The summed E-state index contributed by atoms with van der Waals surface area (Å²) < 4.78 is 6.33. The maximum absolute atomic E-state index is 12.3. The maximum Gasteiger partial charge on any atom is 0.271 e. The van der Waals surface area contributed by atoms with E-state index >= 15 is 0 Å². The summed E-state index contributed by atoms with van der Waals surface area (Å²) in [5, 5.41) is 14.9. The van der Waals surface area contributed by atoms with E-state index in [1.54, 1.807) is 13.0 Å². The highest BCUT2D eigenvalue weighted by Crippen LogP contribution is 2.16. The van der Waals surface area contributed by atoms with Gasteiger partial charge in [-0.3, -0.25) is 19.5 Å². The molecule has 0 spiro atoms. The van der Waals surface area contributed by atoms with Crippen molar-refractivity contribution >= 4 is 16.6 Å². The van der Waals surface area contributed by atoms with Crippen LogP contribution in [0.25, 0.3) is 10.9 Å². The quantitative estimate of drug-likeness (QED) is 0.535. The number of hydrogen-bond acceptors (Lipinski definition) is 6. The topological polar surface area (TPSA) is 104 Å². The zero-order valence-electron chi connectivity index (χ0n) is 11.0. The van der Waals surface area contributed by atoms with Crippen molar-refractivity contribution in [3.05, 3.63) is 62.5 Å². The van der Waals surface area contributed by atoms with E-state index in [0.717, 1.165) is 0 Å². The first-order chi connectivity index (χ1) is 10.0. The molecular weight excluding hydrogens is 276 g/mol. The van der Waals surface area contributed by atoms with Crippen LogP contribution in [0.4, 0.5) is 5.69 Å². The van der Waals surface area contributed by atoms with Crippen molar-refractivity contribution in [3.8, 4) is 0 Å². The Morgan fingerprint density at radius 3 is 2.86 bits per heavy atom.